The molecule has 0 saturated carbocycles. The number of unbranched alkanes of at least 4 members (excludes halogenated alkanes) is 2. The van der Waals surface area contributed by atoms with E-state index in [1.54, 1.807) is 42.3 Å². The Hall–Kier alpha value is -3.48. The van der Waals surface area contributed by atoms with Crippen LogP contribution in [0.2, 0.25) is 0 Å². The fourth-order valence-electron chi connectivity index (χ4n) is 3.97. The maximum Gasteiger partial charge on any atom is 0.295 e. The van der Waals surface area contributed by atoms with Gasteiger partial charge < -0.3 is 24.2 Å². The van der Waals surface area contributed by atoms with Crippen molar-refractivity contribution in [2.75, 3.05) is 20.4 Å². The van der Waals surface area contributed by atoms with Gasteiger partial charge in [0, 0.05) is 12.1 Å². The molecule has 0 aliphatic carbocycles. The van der Waals surface area contributed by atoms with E-state index in [0.717, 1.165) is 24.8 Å². The first-order valence-electron chi connectivity index (χ1n) is 10.4. The third kappa shape index (κ3) is 3.83. The zero-order chi connectivity index (χ0) is 22.0. The molecular weight excluding hydrogens is 398 g/mol. The molecule has 0 spiro atoms. The summed E-state index contributed by atoms with van der Waals surface area (Å²) in [4.78, 5) is 27.5. The molecule has 1 atom stereocenters. The quantitative estimate of drug-likeness (QED) is 0.313. The highest BCUT2D eigenvalue weighted by Gasteiger charge is 2.45. The largest absolute Gasteiger partial charge is 0.507 e. The summed E-state index contributed by atoms with van der Waals surface area (Å²) >= 11 is 0. The fraction of sp³-hybridized carbons (Fsp3) is 0.333. The predicted octanol–water partition coefficient (Wildman–Crippen LogP) is 4.04. The van der Waals surface area contributed by atoms with E-state index in [4.69, 9.17) is 14.2 Å². The molecule has 2 aromatic carbocycles. The van der Waals surface area contributed by atoms with Crippen LogP contribution >= 0.6 is 0 Å². The molecule has 2 aliphatic heterocycles. The molecule has 7 nitrogen and oxygen atoms in total. The summed E-state index contributed by atoms with van der Waals surface area (Å²) in [7, 11) is 1.57. The first kappa shape index (κ1) is 20.8. The normalized spacial score (nSPS) is 19.2. The number of benzene rings is 2. The van der Waals surface area contributed by atoms with Crippen LogP contribution in [0.5, 0.6) is 17.2 Å². The van der Waals surface area contributed by atoms with Gasteiger partial charge in [0.25, 0.3) is 11.7 Å². The van der Waals surface area contributed by atoms with Crippen LogP contribution in [0.25, 0.3) is 5.76 Å². The molecule has 162 valence electrons. The number of methoxy groups -OCH3 is 1. The molecule has 1 fully saturated rings. The van der Waals surface area contributed by atoms with Gasteiger partial charge in [0.05, 0.1) is 18.7 Å². The van der Waals surface area contributed by atoms with Gasteiger partial charge in [-0.25, -0.2) is 0 Å². The molecule has 1 unspecified atom stereocenters. The highest BCUT2D eigenvalue weighted by Crippen LogP contribution is 2.41. The van der Waals surface area contributed by atoms with Crippen molar-refractivity contribution in [3.8, 4) is 17.2 Å². The topological polar surface area (TPSA) is 85.3 Å². The Morgan fingerprint density at radius 2 is 1.84 bits per heavy atom. The summed E-state index contributed by atoms with van der Waals surface area (Å²) in [5, 5.41) is 11.1. The first-order valence-corrected chi connectivity index (χ1v) is 10.4. The number of ether oxygens (including phenoxy) is 3. The number of carbonyl (C=O) groups is 2. The Morgan fingerprint density at radius 1 is 1.10 bits per heavy atom. The SMILES string of the molecule is CCCCCN1C(=O)C(=O)/C(=C(\O)c2ccc3c(c2)OCO3)C1c1ccc(OC)cc1. The van der Waals surface area contributed by atoms with Gasteiger partial charge in [-0.1, -0.05) is 31.9 Å². The second-order valence-corrected chi connectivity index (χ2v) is 7.54. The number of carbonyl (C=O) groups excluding carboxylic acids is 2. The van der Waals surface area contributed by atoms with E-state index in [1.807, 2.05) is 12.1 Å². The smallest absolute Gasteiger partial charge is 0.295 e. The second-order valence-electron chi connectivity index (χ2n) is 7.54. The number of likely N-dealkylation sites (tertiary alicyclic amines) is 1. The number of hydrogen-bond acceptors (Lipinski definition) is 6. The molecular formula is C24H25NO6. The van der Waals surface area contributed by atoms with Crippen molar-refractivity contribution >= 4 is 17.4 Å². The number of aliphatic hydroxyl groups is 1. The highest BCUT2D eigenvalue weighted by atomic mass is 16.7. The highest BCUT2D eigenvalue weighted by molar-refractivity contribution is 6.46. The number of rotatable bonds is 7. The number of fused-ring (bicyclic) bond motifs is 1. The van der Waals surface area contributed by atoms with Crippen LogP contribution in [0, 0.1) is 0 Å². The zero-order valence-electron chi connectivity index (χ0n) is 17.6. The third-order valence-corrected chi connectivity index (χ3v) is 5.62. The maximum absolute atomic E-state index is 13.0. The van der Waals surface area contributed by atoms with E-state index in [9.17, 15) is 14.7 Å². The van der Waals surface area contributed by atoms with E-state index in [2.05, 4.69) is 6.92 Å². The Bertz CT molecular complexity index is 1030. The van der Waals surface area contributed by atoms with Crippen molar-refractivity contribution in [1.29, 1.82) is 0 Å². The minimum Gasteiger partial charge on any atom is -0.507 e. The Morgan fingerprint density at radius 3 is 2.55 bits per heavy atom. The average Bonchev–Trinajstić information content (AvgIpc) is 3.36. The lowest BCUT2D eigenvalue weighted by Crippen LogP contribution is -2.30. The van der Waals surface area contributed by atoms with E-state index in [0.29, 0.717) is 29.4 Å². The van der Waals surface area contributed by atoms with Crippen LogP contribution in [-0.4, -0.2) is 42.1 Å². The molecule has 31 heavy (non-hydrogen) atoms. The molecule has 0 aromatic heterocycles. The van der Waals surface area contributed by atoms with Crippen LogP contribution in [0.15, 0.2) is 48.0 Å². The van der Waals surface area contributed by atoms with Crippen molar-refractivity contribution < 1.29 is 28.9 Å². The van der Waals surface area contributed by atoms with Crippen molar-refractivity contribution in [3.05, 3.63) is 59.2 Å². The maximum atomic E-state index is 13.0. The summed E-state index contributed by atoms with van der Waals surface area (Å²) in [6, 6.07) is 11.5. The van der Waals surface area contributed by atoms with Gasteiger partial charge in [-0.3, -0.25) is 9.59 Å². The summed E-state index contributed by atoms with van der Waals surface area (Å²) in [5.41, 5.74) is 1.21. The summed E-state index contributed by atoms with van der Waals surface area (Å²) in [6.07, 6.45) is 2.72. The van der Waals surface area contributed by atoms with Crippen molar-refractivity contribution in [1.82, 2.24) is 4.90 Å². The van der Waals surface area contributed by atoms with Crippen LogP contribution in [0.4, 0.5) is 0 Å². The minimum atomic E-state index is -0.688. The number of aliphatic hydroxyl groups excluding tert-OH is 1. The Balaban J connectivity index is 1.79. The Kier molecular flexibility index (Phi) is 5.84. The lowest BCUT2D eigenvalue weighted by atomic mass is 9.95. The molecule has 2 aromatic rings. The minimum absolute atomic E-state index is 0.0746. The summed E-state index contributed by atoms with van der Waals surface area (Å²) < 4.78 is 15.9. The van der Waals surface area contributed by atoms with Crippen molar-refractivity contribution in [2.45, 2.75) is 32.2 Å². The van der Waals surface area contributed by atoms with Gasteiger partial charge in [0.2, 0.25) is 6.79 Å². The lowest BCUT2D eigenvalue weighted by molar-refractivity contribution is -0.139. The van der Waals surface area contributed by atoms with Crippen molar-refractivity contribution in [3.63, 3.8) is 0 Å². The summed E-state index contributed by atoms with van der Waals surface area (Å²) in [6.45, 7) is 2.62. The molecule has 0 bridgehead atoms. The van der Waals surface area contributed by atoms with E-state index in [1.165, 1.54) is 0 Å². The van der Waals surface area contributed by atoms with Gasteiger partial charge >= 0.3 is 0 Å². The standard InChI is InChI=1S/C24H25NO6/c1-3-4-5-12-25-21(15-6-9-17(29-2)10-7-15)20(23(27)24(25)28)22(26)16-8-11-18-19(13-16)31-14-30-18/h6-11,13,21,26H,3-5,12,14H2,1-2H3/b22-20-. The van der Waals surface area contributed by atoms with E-state index in [-0.39, 0.29) is 18.1 Å². The molecule has 4 rings (SSSR count). The van der Waals surface area contributed by atoms with Crippen LogP contribution in [-0.2, 0) is 9.59 Å². The number of nitrogens with zero attached hydrogens (tertiary/aromatic N) is 1. The van der Waals surface area contributed by atoms with Gasteiger partial charge in [0.15, 0.2) is 11.5 Å². The molecule has 7 heteroatoms. The molecule has 2 aliphatic rings. The van der Waals surface area contributed by atoms with Crippen LogP contribution < -0.4 is 14.2 Å². The lowest BCUT2D eigenvalue weighted by Gasteiger charge is -2.25. The second kappa shape index (κ2) is 8.71. The van der Waals surface area contributed by atoms with Gasteiger partial charge in [-0.2, -0.15) is 0 Å². The average molecular weight is 423 g/mol. The van der Waals surface area contributed by atoms with E-state index < -0.39 is 17.7 Å². The van der Waals surface area contributed by atoms with Crippen LogP contribution in [0.3, 0.4) is 0 Å². The number of ketones is 1. The third-order valence-electron chi connectivity index (χ3n) is 5.62. The molecule has 1 saturated heterocycles. The summed E-state index contributed by atoms with van der Waals surface area (Å²) in [5.74, 6) is 0.218. The Labute approximate surface area is 180 Å². The number of hydrogen-bond donors (Lipinski definition) is 1. The van der Waals surface area contributed by atoms with Gasteiger partial charge in [-0.15, -0.1) is 0 Å². The molecule has 0 radical (unpaired) electrons. The van der Waals surface area contributed by atoms with Gasteiger partial charge in [-0.05, 0) is 42.3 Å². The van der Waals surface area contributed by atoms with E-state index >= 15 is 0 Å². The predicted molar refractivity (Wildman–Crippen MR) is 114 cm³/mol. The van der Waals surface area contributed by atoms with Crippen LogP contribution in [0.1, 0.15) is 43.4 Å². The monoisotopic (exact) mass is 423 g/mol. The molecule has 1 N–H and O–H groups in total. The van der Waals surface area contributed by atoms with Gasteiger partial charge in [0.1, 0.15) is 11.5 Å². The first-order chi connectivity index (χ1) is 15.0. The number of Topliss-reactive ketones (excluding diaryl/α,β-unsaturated/α-hetero) is 1. The molecule has 1 amide bonds. The van der Waals surface area contributed by atoms with Crippen molar-refractivity contribution in [2.24, 2.45) is 0 Å². The fourth-order valence-corrected chi connectivity index (χ4v) is 3.97. The number of amides is 1. The zero-order valence-corrected chi connectivity index (χ0v) is 17.6. The molecule has 2 heterocycles.